The normalized spacial score (nSPS) is 16.8. The molecule has 1 saturated heterocycles. The standard InChI is InChI=1S/C21H30N8O/c1-3-4-7-23-21-25-19(22)16-12-18(30)29(20(16)26-21)14-15-5-6-17(24-13-15)28-10-8-27(2)9-11-28/h5-6,13H,3-4,7-12,14H2,1-2H3,(H3,22,23,25,26). The van der Waals surface area contributed by atoms with Crippen LogP contribution in [0.15, 0.2) is 18.3 Å². The molecular formula is C21H30N8O. The number of amides is 1. The van der Waals surface area contributed by atoms with Gasteiger partial charge in [-0.1, -0.05) is 19.4 Å². The predicted octanol–water partition coefficient (Wildman–Crippen LogP) is 1.51. The Balaban J connectivity index is 1.48. The van der Waals surface area contributed by atoms with Crippen LogP contribution in [0.3, 0.4) is 0 Å². The second-order valence-electron chi connectivity index (χ2n) is 7.99. The summed E-state index contributed by atoms with van der Waals surface area (Å²) in [5.41, 5.74) is 7.79. The number of pyridine rings is 1. The first-order valence-electron chi connectivity index (χ1n) is 10.6. The van der Waals surface area contributed by atoms with E-state index in [1.165, 1.54) is 0 Å². The van der Waals surface area contributed by atoms with E-state index in [0.717, 1.165) is 56.9 Å². The number of rotatable bonds is 7. The first-order valence-corrected chi connectivity index (χ1v) is 10.6. The molecule has 0 unspecified atom stereocenters. The van der Waals surface area contributed by atoms with E-state index in [0.29, 0.717) is 29.7 Å². The Morgan fingerprint density at radius 1 is 1.17 bits per heavy atom. The van der Waals surface area contributed by atoms with Crippen LogP contribution < -0.4 is 20.9 Å². The van der Waals surface area contributed by atoms with Crippen LogP contribution in [0.1, 0.15) is 30.9 Å². The third kappa shape index (κ3) is 4.30. The van der Waals surface area contributed by atoms with Gasteiger partial charge in [-0.2, -0.15) is 9.97 Å². The molecule has 4 heterocycles. The molecule has 0 aliphatic carbocycles. The lowest BCUT2D eigenvalue weighted by molar-refractivity contribution is -0.117. The Labute approximate surface area is 177 Å². The minimum atomic E-state index is -0.0140. The van der Waals surface area contributed by atoms with Crippen molar-refractivity contribution in [3.63, 3.8) is 0 Å². The number of carbonyl (C=O) groups excluding carboxylic acids is 1. The van der Waals surface area contributed by atoms with Crippen molar-refractivity contribution < 1.29 is 4.79 Å². The summed E-state index contributed by atoms with van der Waals surface area (Å²) >= 11 is 0. The maximum absolute atomic E-state index is 12.7. The summed E-state index contributed by atoms with van der Waals surface area (Å²) in [6, 6.07) is 4.07. The van der Waals surface area contributed by atoms with Crippen LogP contribution in [0.25, 0.3) is 0 Å². The lowest BCUT2D eigenvalue weighted by Gasteiger charge is -2.33. The molecule has 3 N–H and O–H groups in total. The summed E-state index contributed by atoms with van der Waals surface area (Å²) in [6.07, 6.45) is 4.19. The fraction of sp³-hybridized carbons (Fsp3) is 0.524. The molecular weight excluding hydrogens is 380 g/mol. The number of carbonyl (C=O) groups is 1. The van der Waals surface area contributed by atoms with Crippen molar-refractivity contribution in [3.8, 4) is 0 Å². The average molecular weight is 411 g/mol. The molecule has 0 saturated carbocycles. The third-order valence-electron chi connectivity index (χ3n) is 5.69. The van der Waals surface area contributed by atoms with Crippen molar-refractivity contribution in [3.05, 3.63) is 29.5 Å². The number of nitrogen functional groups attached to an aromatic ring is 1. The van der Waals surface area contributed by atoms with E-state index < -0.39 is 0 Å². The molecule has 1 fully saturated rings. The molecule has 9 heteroatoms. The Morgan fingerprint density at radius 3 is 2.67 bits per heavy atom. The van der Waals surface area contributed by atoms with Crippen LogP contribution in [-0.4, -0.2) is 65.5 Å². The number of aromatic nitrogens is 3. The van der Waals surface area contributed by atoms with Gasteiger partial charge >= 0.3 is 0 Å². The number of likely N-dealkylation sites (N-methyl/N-ethyl adjacent to an activating group) is 1. The van der Waals surface area contributed by atoms with Gasteiger partial charge in [-0.25, -0.2) is 4.98 Å². The fourth-order valence-corrected chi connectivity index (χ4v) is 3.78. The Morgan fingerprint density at radius 2 is 1.97 bits per heavy atom. The van der Waals surface area contributed by atoms with E-state index in [-0.39, 0.29) is 12.3 Å². The van der Waals surface area contributed by atoms with Crippen LogP contribution in [0, 0.1) is 0 Å². The highest BCUT2D eigenvalue weighted by Gasteiger charge is 2.32. The van der Waals surface area contributed by atoms with Crippen LogP contribution in [0.4, 0.5) is 23.4 Å². The van der Waals surface area contributed by atoms with Gasteiger partial charge in [-0.3, -0.25) is 9.69 Å². The monoisotopic (exact) mass is 410 g/mol. The molecule has 160 valence electrons. The summed E-state index contributed by atoms with van der Waals surface area (Å²) in [5.74, 6) is 2.42. The highest BCUT2D eigenvalue weighted by Crippen LogP contribution is 2.32. The molecule has 30 heavy (non-hydrogen) atoms. The van der Waals surface area contributed by atoms with Gasteiger partial charge in [0.1, 0.15) is 17.5 Å². The molecule has 0 aromatic carbocycles. The molecule has 0 spiro atoms. The SMILES string of the molecule is CCCCNc1nc(N)c2c(n1)N(Cc1ccc(N3CCN(C)CC3)nc1)C(=O)C2. The number of piperazine rings is 1. The van der Waals surface area contributed by atoms with Gasteiger partial charge < -0.3 is 20.9 Å². The topological polar surface area (TPSA) is 104 Å². The number of nitrogens with one attached hydrogen (secondary N) is 1. The molecule has 0 bridgehead atoms. The largest absolute Gasteiger partial charge is 0.383 e. The summed E-state index contributed by atoms with van der Waals surface area (Å²) < 4.78 is 0. The summed E-state index contributed by atoms with van der Waals surface area (Å²) in [6.45, 7) is 7.36. The minimum Gasteiger partial charge on any atom is -0.383 e. The van der Waals surface area contributed by atoms with Gasteiger partial charge in [-0.15, -0.1) is 0 Å². The van der Waals surface area contributed by atoms with E-state index in [4.69, 9.17) is 5.73 Å². The average Bonchev–Trinajstić information content (AvgIpc) is 3.06. The van der Waals surface area contributed by atoms with Gasteiger partial charge in [0.25, 0.3) is 0 Å². The van der Waals surface area contributed by atoms with Crippen LogP contribution in [-0.2, 0) is 17.8 Å². The smallest absolute Gasteiger partial charge is 0.233 e. The quantitative estimate of drug-likeness (QED) is 0.662. The second-order valence-corrected chi connectivity index (χ2v) is 7.99. The Bertz CT molecular complexity index is 893. The van der Waals surface area contributed by atoms with Gasteiger partial charge in [0.05, 0.1) is 13.0 Å². The Kier molecular flexibility index (Phi) is 5.98. The summed E-state index contributed by atoms with van der Waals surface area (Å²) in [4.78, 5) is 32.5. The summed E-state index contributed by atoms with van der Waals surface area (Å²) in [5, 5.41) is 3.20. The maximum atomic E-state index is 12.7. The van der Waals surface area contributed by atoms with Gasteiger partial charge in [0, 0.05) is 44.5 Å². The van der Waals surface area contributed by atoms with Crippen LogP contribution in [0.5, 0.6) is 0 Å². The van der Waals surface area contributed by atoms with E-state index in [1.807, 2.05) is 18.3 Å². The zero-order valence-electron chi connectivity index (χ0n) is 17.8. The van der Waals surface area contributed by atoms with E-state index in [9.17, 15) is 4.79 Å². The highest BCUT2D eigenvalue weighted by atomic mass is 16.2. The molecule has 2 aromatic heterocycles. The number of nitrogens with zero attached hydrogens (tertiary/aromatic N) is 6. The van der Waals surface area contributed by atoms with E-state index in [1.54, 1.807) is 4.90 Å². The fourth-order valence-electron chi connectivity index (χ4n) is 3.78. The van der Waals surface area contributed by atoms with Crippen LogP contribution >= 0.6 is 0 Å². The molecule has 0 radical (unpaired) electrons. The van der Waals surface area contributed by atoms with Crippen molar-refractivity contribution in [1.82, 2.24) is 19.9 Å². The number of hydrogen-bond donors (Lipinski definition) is 2. The van der Waals surface area contributed by atoms with Crippen molar-refractivity contribution in [1.29, 1.82) is 0 Å². The predicted molar refractivity (Wildman–Crippen MR) is 119 cm³/mol. The lowest BCUT2D eigenvalue weighted by Crippen LogP contribution is -2.44. The number of hydrogen-bond acceptors (Lipinski definition) is 8. The zero-order valence-corrected chi connectivity index (χ0v) is 17.8. The number of unbranched alkanes of at least 4 members (excludes halogenated alkanes) is 1. The zero-order chi connectivity index (χ0) is 21.1. The number of nitrogens with two attached hydrogens (primary N) is 1. The molecule has 2 aliphatic heterocycles. The first-order chi connectivity index (χ1) is 14.5. The second kappa shape index (κ2) is 8.83. The molecule has 2 aliphatic rings. The third-order valence-corrected chi connectivity index (χ3v) is 5.69. The van der Waals surface area contributed by atoms with Gasteiger partial charge in [-0.05, 0) is 25.1 Å². The number of anilines is 4. The van der Waals surface area contributed by atoms with E-state index >= 15 is 0 Å². The van der Waals surface area contributed by atoms with Crippen molar-refractivity contribution in [2.45, 2.75) is 32.7 Å². The number of fused-ring (bicyclic) bond motifs is 1. The summed E-state index contributed by atoms with van der Waals surface area (Å²) in [7, 11) is 2.14. The Hall–Kier alpha value is -2.94. The van der Waals surface area contributed by atoms with Gasteiger partial charge in [0.15, 0.2) is 0 Å². The highest BCUT2D eigenvalue weighted by molar-refractivity contribution is 6.01. The van der Waals surface area contributed by atoms with Crippen LogP contribution in [0.2, 0.25) is 0 Å². The van der Waals surface area contributed by atoms with E-state index in [2.05, 4.69) is 44.0 Å². The van der Waals surface area contributed by atoms with Crippen molar-refractivity contribution >= 4 is 29.3 Å². The molecule has 0 atom stereocenters. The molecule has 4 rings (SSSR count). The van der Waals surface area contributed by atoms with Crippen molar-refractivity contribution in [2.24, 2.45) is 0 Å². The first kappa shape index (κ1) is 20.3. The maximum Gasteiger partial charge on any atom is 0.233 e. The minimum absolute atomic E-state index is 0.0140. The van der Waals surface area contributed by atoms with Gasteiger partial charge in [0.2, 0.25) is 11.9 Å². The van der Waals surface area contributed by atoms with Crippen molar-refractivity contribution in [2.75, 3.05) is 60.6 Å². The lowest BCUT2D eigenvalue weighted by atomic mass is 10.2. The molecule has 1 amide bonds. The molecule has 9 nitrogen and oxygen atoms in total. The molecule has 2 aromatic rings.